The van der Waals surface area contributed by atoms with Crippen LogP contribution in [0.2, 0.25) is 0 Å². The third-order valence-corrected chi connectivity index (χ3v) is 4.00. The number of nitrogens with zero attached hydrogens (tertiary/aromatic N) is 1. The van der Waals surface area contributed by atoms with Gasteiger partial charge in [0.25, 0.3) is 0 Å². The molecule has 7 heteroatoms. The molecule has 0 fully saturated rings. The van der Waals surface area contributed by atoms with Gasteiger partial charge in [-0.15, -0.1) is 0 Å². The molecule has 0 aliphatic heterocycles. The van der Waals surface area contributed by atoms with Crippen LogP contribution in [0.5, 0.6) is 0 Å². The predicted molar refractivity (Wildman–Crippen MR) is 96.6 cm³/mol. The summed E-state index contributed by atoms with van der Waals surface area (Å²) < 4.78 is 11.1. The van der Waals surface area contributed by atoms with Crippen LogP contribution in [0.25, 0.3) is 16.6 Å². The monoisotopic (exact) mass is 352 g/mol. The molecule has 0 spiro atoms. The van der Waals surface area contributed by atoms with Gasteiger partial charge in [0.1, 0.15) is 5.56 Å². The summed E-state index contributed by atoms with van der Waals surface area (Å²) in [5.41, 5.74) is 6.09. The number of nitrogen functional groups attached to an aromatic ring is 1. The minimum Gasteiger partial charge on any atom is -0.465 e. The Morgan fingerprint density at radius 2 is 1.54 bits per heavy atom. The zero-order chi connectivity index (χ0) is 18.8. The molecule has 2 aromatic carbocycles. The molecule has 132 valence electrons. The van der Waals surface area contributed by atoms with Crippen LogP contribution in [0, 0.1) is 0 Å². The maximum Gasteiger partial charge on any atom is 0.356 e. The molecule has 0 amide bonds. The van der Waals surface area contributed by atoms with Gasteiger partial charge in [-0.1, -0.05) is 12.1 Å². The van der Waals surface area contributed by atoms with E-state index in [0.29, 0.717) is 16.9 Å². The molecule has 0 atom stereocenters. The van der Waals surface area contributed by atoms with E-state index in [1.54, 1.807) is 48.5 Å². The van der Waals surface area contributed by atoms with Gasteiger partial charge >= 0.3 is 11.9 Å². The highest BCUT2D eigenvalue weighted by molar-refractivity contribution is 6.05. The number of nitrogens with two attached hydrogens (primary N) is 1. The standard InChI is InChI=1S/C19H16N2O5/c1-25-18(23)15-16(19(24)26-2)21(12-9-7-11(20)8-10-12)14-6-4-3-5-13(14)17(15)22/h3-10H,20H2,1-2H3. The lowest BCUT2D eigenvalue weighted by molar-refractivity contribution is 0.0546. The summed E-state index contributed by atoms with van der Waals surface area (Å²) in [6.45, 7) is 0. The van der Waals surface area contributed by atoms with Crippen LogP contribution in [-0.4, -0.2) is 30.7 Å². The molecule has 3 rings (SSSR count). The zero-order valence-corrected chi connectivity index (χ0v) is 14.2. The fourth-order valence-corrected chi connectivity index (χ4v) is 2.81. The van der Waals surface area contributed by atoms with E-state index >= 15 is 0 Å². The number of hydrogen-bond donors (Lipinski definition) is 1. The van der Waals surface area contributed by atoms with Crippen LogP contribution in [0.3, 0.4) is 0 Å². The number of ether oxygens (including phenoxy) is 2. The number of benzene rings is 2. The lowest BCUT2D eigenvalue weighted by Crippen LogP contribution is -2.28. The van der Waals surface area contributed by atoms with Crippen molar-refractivity contribution in [3.8, 4) is 5.69 Å². The maximum atomic E-state index is 12.9. The average Bonchev–Trinajstić information content (AvgIpc) is 2.67. The second-order valence-electron chi connectivity index (χ2n) is 5.48. The summed E-state index contributed by atoms with van der Waals surface area (Å²) in [5, 5.41) is 0.275. The molecule has 26 heavy (non-hydrogen) atoms. The Bertz CT molecular complexity index is 1070. The molecule has 0 saturated heterocycles. The zero-order valence-electron chi connectivity index (χ0n) is 14.2. The Hall–Kier alpha value is -3.61. The molecular weight excluding hydrogens is 336 g/mol. The molecule has 2 N–H and O–H groups in total. The Balaban J connectivity index is 2.56. The third-order valence-electron chi connectivity index (χ3n) is 4.00. The summed E-state index contributed by atoms with van der Waals surface area (Å²) in [5.74, 6) is -1.74. The Morgan fingerprint density at radius 1 is 0.923 bits per heavy atom. The van der Waals surface area contributed by atoms with Gasteiger partial charge in [-0.2, -0.15) is 0 Å². The molecule has 7 nitrogen and oxygen atoms in total. The van der Waals surface area contributed by atoms with Crippen LogP contribution in [0.1, 0.15) is 20.8 Å². The smallest absolute Gasteiger partial charge is 0.356 e. The van der Waals surface area contributed by atoms with Crippen molar-refractivity contribution < 1.29 is 19.1 Å². The quantitative estimate of drug-likeness (QED) is 0.572. The van der Waals surface area contributed by atoms with E-state index in [2.05, 4.69) is 0 Å². The van der Waals surface area contributed by atoms with Crippen molar-refractivity contribution >= 4 is 28.5 Å². The number of carbonyl (C=O) groups is 2. The van der Waals surface area contributed by atoms with Gasteiger partial charge in [0.2, 0.25) is 5.43 Å². The number of anilines is 1. The molecule has 0 aliphatic rings. The highest BCUT2D eigenvalue weighted by atomic mass is 16.5. The van der Waals surface area contributed by atoms with E-state index in [1.807, 2.05) is 0 Å². The summed E-state index contributed by atoms with van der Waals surface area (Å²) >= 11 is 0. The van der Waals surface area contributed by atoms with Crippen LogP contribution >= 0.6 is 0 Å². The number of pyridine rings is 1. The van der Waals surface area contributed by atoms with Crippen molar-refractivity contribution in [2.75, 3.05) is 20.0 Å². The van der Waals surface area contributed by atoms with Crippen LogP contribution in [0.4, 0.5) is 5.69 Å². The van der Waals surface area contributed by atoms with E-state index in [0.717, 1.165) is 7.11 Å². The first kappa shape index (κ1) is 17.2. The van der Waals surface area contributed by atoms with Gasteiger partial charge < -0.3 is 19.8 Å². The largest absolute Gasteiger partial charge is 0.465 e. The van der Waals surface area contributed by atoms with Gasteiger partial charge in [0.15, 0.2) is 5.69 Å². The van der Waals surface area contributed by atoms with Gasteiger partial charge in [-0.25, -0.2) is 9.59 Å². The molecular formula is C19H16N2O5. The maximum absolute atomic E-state index is 12.9. The first-order valence-corrected chi connectivity index (χ1v) is 7.70. The average molecular weight is 352 g/mol. The van der Waals surface area contributed by atoms with E-state index in [-0.39, 0.29) is 16.6 Å². The molecule has 0 unspecified atom stereocenters. The van der Waals surface area contributed by atoms with Crippen molar-refractivity contribution in [1.29, 1.82) is 0 Å². The fraction of sp³-hybridized carbons (Fsp3) is 0.105. The Labute approximate surface area is 148 Å². The van der Waals surface area contributed by atoms with E-state index in [4.69, 9.17) is 15.2 Å². The highest BCUT2D eigenvalue weighted by Gasteiger charge is 2.28. The topological polar surface area (TPSA) is 101 Å². The SMILES string of the molecule is COC(=O)c1c(C(=O)OC)n(-c2ccc(N)cc2)c2ccccc2c1=O. The molecule has 3 aromatic rings. The number of esters is 2. The molecule has 0 radical (unpaired) electrons. The molecule has 1 heterocycles. The predicted octanol–water partition coefficient (Wildman–Crippen LogP) is 2.15. The number of hydrogen-bond acceptors (Lipinski definition) is 6. The lowest BCUT2D eigenvalue weighted by Gasteiger charge is -2.18. The van der Waals surface area contributed by atoms with Crippen molar-refractivity contribution in [1.82, 2.24) is 4.57 Å². The molecule has 1 aromatic heterocycles. The van der Waals surface area contributed by atoms with Crippen molar-refractivity contribution in [3.05, 3.63) is 70.0 Å². The first-order valence-electron chi connectivity index (χ1n) is 7.70. The third kappa shape index (κ3) is 2.69. The van der Waals surface area contributed by atoms with Gasteiger partial charge in [-0.3, -0.25) is 4.79 Å². The van der Waals surface area contributed by atoms with E-state index < -0.39 is 17.4 Å². The highest BCUT2D eigenvalue weighted by Crippen LogP contribution is 2.23. The van der Waals surface area contributed by atoms with Gasteiger partial charge in [0, 0.05) is 16.8 Å². The van der Waals surface area contributed by atoms with Crippen LogP contribution in [-0.2, 0) is 9.47 Å². The number of methoxy groups -OCH3 is 2. The number of aromatic nitrogens is 1. The van der Waals surface area contributed by atoms with E-state index in [9.17, 15) is 14.4 Å². The summed E-state index contributed by atoms with van der Waals surface area (Å²) in [4.78, 5) is 37.7. The Kier molecular flexibility index (Phi) is 4.45. The van der Waals surface area contributed by atoms with Crippen molar-refractivity contribution in [2.45, 2.75) is 0 Å². The normalized spacial score (nSPS) is 10.5. The second kappa shape index (κ2) is 6.72. The Morgan fingerprint density at radius 3 is 2.15 bits per heavy atom. The summed E-state index contributed by atoms with van der Waals surface area (Å²) in [6, 6.07) is 13.3. The van der Waals surface area contributed by atoms with Gasteiger partial charge in [-0.05, 0) is 36.4 Å². The summed E-state index contributed by atoms with van der Waals surface area (Å²) in [6.07, 6.45) is 0. The van der Waals surface area contributed by atoms with Crippen LogP contribution in [0.15, 0.2) is 53.3 Å². The minimum absolute atomic E-state index is 0.201. The second-order valence-corrected chi connectivity index (χ2v) is 5.48. The van der Waals surface area contributed by atoms with Crippen molar-refractivity contribution in [2.24, 2.45) is 0 Å². The fourth-order valence-electron chi connectivity index (χ4n) is 2.81. The molecule has 0 aliphatic carbocycles. The van der Waals surface area contributed by atoms with Crippen LogP contribution < -0.4 is 11.2 Å². The number of fused-ring (bicyclic) bond motifs is 1. The van der Waals surface area contributed by atoms with Crippen molar-refractivity contribution in [3.63, 3.8) is 0 Å². The molecule has 0 bridgehead atoms. The van der Waals surface area contributed by atoms with E-state index in [1.165, 1.54) is 11.7 Å². The first-order chi connectivity index (χ1) is 12.5. The molecule has 0 saturated carbocycles. The number of para-hydroxylation sites is 1. The lowest BCUT2D eigenvalue weighted by atomic mass is 10.1. The number of carbonyl (C=O) groups excluding carboxylic acids is 2. The number of rotatable bonds is 3. The minimum atomic E-state index is -0.912. The van der Waals surface area contributed by atoms with Gasteiger partial charge in [0.05, 0.1) is 19.7 Å². The summed E-state index contributed by atoms with van der Waals surface area (Å²) in [7, 11) is 2.32.